The summed E-state index contributed by atoms with van der Waals surface area (Å²) in [7, 11) is 0. The summed E-state index contributed by atoms with van der Waals surface area (Å²) in [5.41, 5.74) is 7.90. The number of likely N-dealkylation sites (tertiary alicyclic amines) is 1. The Morgan fingerprint density at radius 3 is 2.71 bits per heavy atom. The van der Waals surface area contributed by atoms with Crippen molar-refractivity contribution in [3.63, 3.8) is 0 Å². The molecule has 4 heteroatoms. The molecule has 0 amide bonds. The molecular weight excluding hydrogens is 230 g/mol. The summed E-state index contributed by atoms with van der Waals surface area (Å²) in [6, 6.07) is 9.77. The molecule has 2 N–H and O–H groups in total. The summed E-state index contributed by atoms with van der Waals surface area (Å²) in [6.07, 6.45) is 2.57. The maximum absolute atomic E-state index is 8.83. The van der Waals surface area contributed by atoms with Crippen molar-refractivity contribution in [1.82, 2.24) is 4.90 Å². The molecule has 17 heavy (non-hydrogen) atoms. The smallest absolute Gasteiger partial charge is 0.0991 e. The summed E-state index contributed by atoms with van der Waals surface area (Å²) in [5, 5.41) is 8.83. The molecule has 0 aromatic heterocycles. The Morgan fingerprint density at radius 2 is 2.06 bits per heavy atom. The highest BCUT2D eigenvalue weighted by Gasteiger charge is 2.15. The van der Waals surface area contributed by atoms with E-state index in [1.54, 1.807) is 0 Å². The van der Waals surface area contributed by atoms with E-state index in [0.29, 0.717) is 5.56 Å². The second-order valence-corrected chi connectivity index (χ2v) is 4.35. The van der Waals surface area contributed by atoms with Gasteiger partial charge in [0.2, 0.25) is 0 Å². The molecule has 1 atom stereocenters. The largest absolute Gasteiger partial charge is 0.323 e. The van der Waals surface area contributed by atoms with Crippen LogP contribution in [-0.4, -0.2) is 24.5 Å². The van der Waals surface area contributed by atoms with Gasteiger partial charge in [0.25, 0.3) is 0 Å². The highest BCUT2D eigenvalue weighted by molar-refractivity contribution is 7.59. The van der Waals surface area contributed by atoms with Gasteiger partial charge in [-0.3, -0.25) is 0 Å². The van der Waals surface area contributed by atoms with Crippen LogP contribution >= 0.6 is 13.5 Å². The molecule has 1 aromatic rings. The van der Waals surface area contributed by atoms with Gasteiger partial charge < -0.3 is 10.6 Å². The fourth-order valence-electron chi connectivity index (χ4n) is 2.19. The number of rotatable bonds is 3. The number of benzene rings is 1. The van der Waals surface area contributed by atoms with Gasteiger partial charge in [0.05, 0.1) is 11.6 Å². The molecule has 0 radical (unpaired) electrons. The van der Waals surface area contributed by atoms with Crippen molar-refractivity contribution in [2.75, 3.05) is 19.6 Å². The van der Waals surface area contributed by atoms with Crippen LogP contribution in [0.2, 0.25) is 0 Å². The van der Waals surface area contributed by atoms with Crippen molar-refractivity contribution in [1.29, 1.82) is 5.26 Å². The van der Waals surface area contributed by atoms with E-state index in [-0.39, 0.29) is 19.5 Å². The summed E-state index contributed by atoms with van der Waals surface area (Å²) >= 11 is 0. The van der Waals surface area contributed by atoms with Crippen LogP contribution in [0.5, 0.6) is 0 Å². The second kappa shape index (κ2) is 6.65. The topological polar surface area (TPSA) is 53.1 Å². The van der Waals surface area contributed by atoms with E-state index in [0.717, 1.165) is 25.2 Å². The van der Waals surface area contributed by atoms with Crippen LogP contribution in [0.25, 0.3) is 0 Å². The van der Waals surface area contributed by atoms with Crippen molar-refractivity contribution < 1.29 is 0 Å². The number of hydrogen-bond donors (Lipinski definition) is 1. The molecule has 1 aromatic carbocycles. The van der Waals surface area contributed by atoms with E-state index in [9.17, 15) is 0 Å². The lowest BCUT2D eigenvalue weighted by molar-refractivity contribution is 0.316. The molecule has 0 unspecified atom stereocenters. The first-order valence-corrected chi connectivity index (χ1v) is 5.77. The van der Waals surface area contributed by atoms with Gasteiger partial charge in [0.1, 0.15) is 0 Å². The van der Waals surface area contributed by atoms with Gasteiger partial charge in [0.15, 0.2) is 0 Å². The van der Waals surface area contributed by atoms with E-state index >= 15 is 0 Å². The van der Waals surface area contributed by atoms with Crippen LogP contribution in [0.4, 0.5) is 0 Å². The maximum Gasteiger partial charge on any atom is 0.0991 e. The minimum absolute atomic E-state index is 0. The van der Waals surface area contributed by atoms with Gasteiger partial charge >= 0.3 is 0 Å². The summed E-state index contributed by atoms with van der Waals surface area (Å²) in [6.45, 7) is 3.21. The van der Waals surface area contributed by atoms with Crippen LogP contribution in [0.3, 0.4) is 0 Å². The predicted octanol–water partition coefficient (Wildman–Crippen LogP) is 1.77. The van der Waals surface area contributed by atoms with Crippen molar-refractivity contribution >= 4 is 13.5 Å². The fraction of sp³-hybridized carbons (Fsp3) is 0.462. The zero-order valence-corrected chi connectivity index (χ0v) is 10.9. The minimum atomic E-state index is 0. The number of nitriles is 1. The molecule has 3 nitrogen and oxygen atoms in total. The first-order valence-electron chi connectivity index (χ1n) is 5.77. The van der Waals surface area contributed by atoms with Crippen LogP contribution in [0.1, 0.15) is 30.0 Å². The second-order valence-electron chi connectivity index (χ2n) is 4.35. The molecule has 0 aliphatic carbocycles. The van der Waals surface area contributed by atoms with Crippen molar-refractivity contribution in [2.24, 2.45) is 5.73 Å². The van der Waals surface area contributed by atoms with Gasteiger partial charge in [0, 0.05) is 12.6 Å². The Labute approximate surface area is 110 Å². The lowest BCUT2D eigenvalue weighted by Gasteiger charge is -2.20. The molecule has 1 aliphatic heterocycles. The maximum atomic E-state index is 8.83. The van der Waals surface area contributed by atoms with Gasteiger partial charge in [-0.2, -0.15) is 18.8 Å². The lowest BCUT2D eigenvalue weighted by atomic mass is 10.0. The molecule has 0 bridgehead atoms. The minimum Gasteiger partial charge on any atom is -0.323 e. The van der Waals surface area contributed by atoms with Crippen LogP contribution in [0.15, 0.2) is 24.3 Å². The highest BCUT2D eigenvalue weighted by Crippen LogP contribution is 2.16. The summed E-state index contributed by atoms with van der Waals surface area (Å²) in [5.74, 6) is 0. The molecule has 2 rings (SSSR count). The third kappa shape index (κ3) is 3.74. The number of nitrogens with zero attached hydrogens (tertiary/aromatic N) is 2. The number of hydrogen-bond acceptors (Lipinski definition) is 3. The van der Waals surface area contributed by atoms with Crippen molar-refractivity contribution in [3.8, 4) is 6.07 Å². The normalized spacial score (nSPS) is 17.2. The van der Waals surface area contributed by atoms with E-state index in [2.05, 4.69) is 11.0 Å². The summed E-state index contributed by atoms with van der Waals surface area (Å²) in [4.78, 5) is 2.39. The molecule has 1 aliphatic rings. The summed E-state index contributed by atoms with van der Waals surface area (Å²) < 4.78 is 0. The predicted molar refractivity (Wildman–Crippen MR) is 74.1 cm³/mol. The van der Waals surface area contributed by atoms with Gasteiger partial charge in [-0.25, -0.2) is 0 Å². The zero-order chi connectivity index (χ0) is 11.4. The van der Waals surface area contributed by atoms with Crippen LogP contribution in [0, 0.1) is 11.3 Å². The molecule has 0 saturated carbocycles. The van der Waals surface area contributed by atoms with Gasteiger partial charge in [-0.05, 0) is 43.6 Å². The standard InChI is InChI=1S/C13H17N3.H2S/c14-9-11-4-3-5-12(8-11)13(15)10-16-6-1-2-7-16;/h3-5,8,13H,1-2,6-7,10,15H2;1H2/t13-;/m1./s1. The Morgan fingerprint density at radius 1 is 1.35 bits per heavy atom. The Hall–Kier alpha value is -1.02. The zero-order valence-electron chi connectivity index (χ0n) is 9.89. The van der Waals surface area contributed by atoms with Gasteiger partial charge in [-0.15, -0.1) is 0 Å². The van der Waals surface area contributed by atoms with E-state index < -0.39 is 0 Å². The highest BCUT2D eigenvalue weighted by atomic mass is 32.1. The Kier molecular flexibility index (Phi) is 5.49. The van der Waals surface area contributed by atoms with E-state index in [1.165, 1.54) is 12.8 Å². The molecule has 1 saturated heterocycles. The SMILES string of the molecule is N#Cc1cccc([C@H](N)CN2CCCC2)c1.S. The average Bonchev–Trinajstić information content (AvgIpc) is 2.82. The third-order valence-electron chi connectivity index (χ3n) is 3.10. The molecule has 92 valence electrons. The van der Waals surface area contributed by atoms with Crippen molar-refractivity contribution in [3.05, 3.63) is 35.4 Å². The molecular formula is C13H19N3S. The molecule has 1 fully saturated rings. The number of nitrogens with two attached hydrogens (primary N) is 1. The average molecular weight is 249 g/mol. The quantitative estimate of drug-likeness (QED) is 0.888. The Bertz CT molecular complexity index is 394. The fourth-order valence-corrected chi connectivity index (χ4v) is 2.19. The van der Waals surface area contributed by atoms with E-state index in [4.69, 9.17) is 11.0 Å². The first kappa shape index (κ1) is 14.0. The van der Waals surface area contributed by atoms with E-state index in [1.807, 2.05) is 24.3 Å². The van der Waals surface area contributed by atoms with Gasteiger partial charge in [-0.1, -0.05) is 12.1 Å². The first-order chi connectivity index (χ1) is 7.79. The molecule has 1 heterocycles. The van der Waals surface area contributed by atoms with Crippen molar-refractivity contribution in [2.45, 2.75) is 18.9 Å². The lowest BCUT2D eigenvalue weighted by Crippen LogP contribution is -2.29. The third-order valence-corrected chi connectivity index (χ3v) is 3.10. The van der Waals surface area contributed by atoms with Crippen LogP contribution < -0.4 is 5.73 Å². The Balaban J connectivity index is 0.00000144. The molecule has 0 spiro atoms. The monoisotopic (exact) mass is 249 g/mol. The van der Waals surface area contributed by atoms with Crippen LogP contribution in [-0.2, 0) is 0 Å².